The number of hydrogen-bond donors (Lipinski definition) is 0. The van der Waals surface area contributed by atoms with Crippen molar-refractivity contribution < 1.29 is 4.74 Å². The van der Waals surface area contributed by atoms with Gasteiger partial charge in [-0.2, -0.15) is 9.78 Å². The summed E-state index contributed by atoms with van der Waals surface area (Å²) in [6.07, 6.45) is 2.56. The Bertz CT molecular complexity index is 1410. The molecule has 3 aromatic carbocycles. The van der Waals surface area contributed by atoms with Crippen LogP contribution in [-0.2, 0) is 6.61 Å². The molecule has 0 aliphatic rings. The topological polar surface area (TPSA) is 56.5 Å². The number of nitrogens with zero attached hydrogens (tertiary/aromatic N) is 3. The molecular weight excluding hydrogens is 605 g/mol. The molecule has 1 atom stereocenters. The normalized spacial score (nSPS) is 12.4. The SMILES string of the molecule is CC[C@H](C)c1nc2ccc(Br)cc2c(=O)n1N=Cc1ccc(OCc2ccc(C)cc2)c(I)c1. The van der Waals surface area contributed by atoms with Gasteiger partial charge >= 0.3 is 0 Å². The summed E-state index contributed by atoms with van der Waals surface area (Å²) in [5, 5.41) is 5.09. The van der Waals surface area contributed by atoms with Crippen molar-refractivity contribution in [3.8, 4) is 5.75 Å². The molecule has 0 N–H and O–H groups in total. The molecule has 5 nitrogen and oxygen atoms in total. The first-order chi connectivity index (χ1) is 16.4. The highest BCUT2D eigenvalue weighted by atomic mass is 127. The van der Waals surface area contributed by atoms with Gasteiger partial charge in [-0.3, -0.25) is 4.79 Å². The molecule has 0 aliphatic heterocycles. The van der Waals surface area contributed by atoms with Crippen molar-refractivity contribution in [3.63, 3.8) is 0 Å². The van der Waals surface area contributed by atoms with Gasteiger partial charge < -0.3 is 4.74 Å². The highest BCUT2D eigenvalue weighted by Gasteiger charge is 2.15. The molecule has 0 fully saturated rings. The first-order valence-corrected chi connectivity index (χ1v) is 13.0. The fraction of sp³-hybridized carbons (Fsp3) is 0.222. The van der Waals surface area contributed by atoms with E-state index in [1.54, 1.807) is 12.3 Å². The number of aryl methyl sites for hydroxylation is 1. The van der Waals surface area contributed by atoms with E-state index in [1.807, 2.05) is 30.3 Å². The zero-order valence-corrected chi connectivity index (χ0v) is 23.0. The summed E-state index contributed by atoms with van der Waals surface area (Å²) in [5.41, 5.74) is 3.74. The molecule has 0 saturated carbocycles. The van der Waals surface area contributed by atoms with Crippen LogP contribution in [0.5, 0.6) is 5.75 Å². The Morgan fingerprint density at radius 3 is 2.62 bits per heavy atom. The van der Waals surface area contributed by atoms with Crippen LogP contribution >= 0.6 is 38.5 Å². The Morgan fingerprint density at radius 2 is 1.91 bits per heavy atom. The van der Waals surface area contributed by atoms with E-state index in [-0.39, 0.29) is 11.5 Å². The number of hydrogen-bond acceptors (Lipinski definition) is 4. The highest BCUT2D eigenvalue weighted by Crippen LogP contribution is 2.24. The maximum Gasteiger partial charge on any atom is 0.282 e. The molecule has 34 heavy (non-hydrogen) atoms. The molecule has 0 unspecified atom stereocenters. The van der Waals surface area contributed by atoms with Crippen LogP contribution in [0.4, 0.5) is 0 Å². The van der Waals surface area contributed by atoms with Gasteiger partial charge in [0, 0.05) is 10.4 Å². The Hall–Kier alpha value is -2.52. The predicted octanol–water partition coefficient (Wildman–Crippen LogP) is 7.05. The minimum atomic E-state index is -0.175. The van der Waals surface area contributed by atoms with E-state index >= 15 is 0 Å². The van der Waals surface area contributed by atoms with Gasteiger partial charge in [-0.1, -0.05) is 59.6 Å². The van der Waals surface area contributed by atoms with Gasteiger partial charge in [-0.05, 0) is 83.5 Å². The minimum Gasteiger partial charge on any atom is -0.488 e. The second-order valence-corrected chi connectivity index (χ2v) is 10.3. The highest BCUT2D eigenvalue weighted by molar-refractivity contribution is 14.1. The first kappa shape index (κ1) is 24.6. The van der Waals surface area contributed by atoms with Gasteiger partial charge in [-0.15, -0.1) is 0 Å². The fourth-order valence-corrected chi connectivity index (χ4v) is 4.52. The van der Waals surface area contributed by atoms with Crippen LogP contribution in [0.2, 0.25) is 0 Å². The van der Waals surface area contributed by atoms with Crippen LogP contribution in [0.1, 0.15) is 48.7 Å². The van der Waals surface area contributed by atoms with E-state index in [9.17, 15) is 4.79 Å². The van der Waals surface area contributed by atoms with Gasteiger partial charge in [0.2, 0.25) is 0 Å². The molecule has 0 bridgehead atoms. The quantitative estimate of drug-likeness (QED) is 0.163. The minimum absolute atomic E-state index is 0.0931. The average molecular weight is 630 g/mol. The van der Waals surface area contributed by atoms with Crippen molar-refractivity contribution in [1.82, 2.24) is 9.66 Å². The summed E-state index contributed by atoms with van der Waals surface area (Å²) in [6, 6.07) is 19.7. The van der Waals surface area contributed by atoms with E-state index < -0.39 is 0 Å². The molecule has 0 radical (unpaired) electrons. The Labute approximate surface area is 221 Å². The first-order valence-electron chi connectivity index (χ1n) is 11.1. The lowest BCUT2D eigenvalue weighted by Crippen LogP contribution is -2.23. The van der Waals surface area contributed by atoms with Crippen molar-refractivity contribution in [3.05, 3.63) is 102 Å². The molecule has 1 aromatic heterocycles. The molecule has 0 spiro atoms. The molecule has 174 valence electrons. The molecule has 4 rings (SSSR count). The van der Waals surface area contributed by atoms with Crippen LogP contribution in [0.25, 0.3) is 10.9 Å². The third-order valence-electron chi connectivity index (χ3n) is 5.68. The van der Waals surface area contributed by atoms with Gasteiger partial charge in [0.1, 0.15) is 18.2 Å². The van der Waals surface area contributed by atoms with Crippen molar-refractivity contribution >= 4 is 55.6 Å². The van der Waals surface area contributed by atoms with E-state index in [4.69, 9.17) is 9.72 Å². The van der Waals surface area contributed by atoms with E-state index in [1.165, 1.54) is 10.2 Å². The predicted molar refractivity (Wildman–Crippen MR) is 150 cm³/mol. The molecule has 0 aliphatic carbocycles. The molecule has 7 heteroatoms. The number of aromatic nitrogens is 2. The summed E-state index contributed by atoms with van der Waals surface area (Å²) in [7, 11) is 0. The maximum absolute atomic E-state index is 13.3. The second kappa shape index (κ2) is 10.8. The largest absolute Gasteiger partial charge is 0.488 e. The molecule has 4 aromatic rings. The maximum atomic E-state index is 13.3. The Morgan fingerprint density at radius 1 is 1.15 bits per heavy atom. The lowest BCUT2D eigenvalue weighted by Gasteiger charge is -2.14. The summed E-state index contributed by atoms with van der Waals surface area (Å²) in [6.45, 7) is 6.71. The summed E-state index contributed by atoms with van der Waals surface area (Å²) >= 11 is 5.71. The number of halogens is 2. The average Bonchev–Trinajstić information content (AvgIpc) is 2.83. The standard InChI is InChI=1S/C27H25BrIN3O2/c1-4-18(3)26-31-24-11-10-21(28)14-22(24)27(33)32(26)30-15-20-9-12-25(23(29)13-20)34-16-19-7-5-17(2)6-8-19/h5-15,18H,4,16H2,1-3H3/t18-/m0/s1. The smallest absolute Gasteiger partial charge is 0.282 e. The van der Waals surface area contributed by atoms with Crippen molar-refractivity contribution in [1.29, 1.82) is 0 Å². The van der Waals surface area contributed by atoms with Crippen molar-refractivity contribution in [2.45, 2.75) is 39.7 Å². The van der Waals surface area contributed by atoms with Crippen LogP contribution in [0.15, 0.2) is 75.0 Å². The summed E-state index contributed by atoms with van der Waals surface area (Å²) < 4.78 is 9.24. The molecule has 0 saturated heterocycles. The third kappa shape index (κ3) is 5.58. The van der Waals surface area contributed by atoms with Gasteiger partial charge in [0.05, 0.1) is 20.7 Å². The lowest BCUT2D eigenvalue weighted by atomic mass is 10.1. The van der Waals surface area contributed by atoms with Crippen molar-refractivity contribution in [2.24, 2.45) is 5.10 Å². The summed E-state index contributed by atoms with van der Waals surface area (Å²) in [4.78, 5) is 18.0. The fourth-order valence-electron chi connectivity index (χ4n) is 3.46. The number of benzene rings is 3. The Kier molecular flexibility index (Phi) is 7.83. The Balaban J connectivity index is 1.62. The van der Waals surface area contributed by atoms with E-state index in [0.29, 0.717) is 23.3 Å². The monoisotopic (exact) mass is 629 g/mol. The van der Waals surface area contributed by atoms with Crippen LogP contribution in [0.3, 0.4) is 0 Å². The van der Waals surface area contributed by atoms with Gasteiger partial charge in [-0.25, -0.2) is 4.98 Å². The van der Waals surface area contributed by atoms with Gasteiger partial charge in [0.15, 0.2) is 0 Å². The second-order valence-electron chi connectivity index (χ2n) is 8.27. The molecule has 0 amide bonds. The lowest BCUT2D eigenvalue weighted by molar-refractivity contribution is 0.304. The number of rotatable bonds is 7. The molecular formula is C27H25BrIN3O2. The van der Waals surface area contributed by atoms with Crippen LogP contribution < -0.4 is 10.3 Å². The summed E-state index contributed by atoms with van der Waals surface area (Å²) in [5.74, 6) is 1.56. The zero-order valence-electron chi connectivity index (χ0n) is 19.3. The zero-order chi connectivity index (χ0) is 24.2. The van der Waals surface area contributed by atoms with Crippen LogP contribution in [-0.4, -0.2) is 15.9 Å². The third-order valence-corrected chi connectivity index (χ3v) is 7.02. The number of fused-ring (bicyclic) bond motifs is 1. The van der Waals surface area contributed by atoms with E-state index in [0.717, 1.165) is 31.3 Å². The number of ether oxygens (including phenoxy) is 1. The van der Waals surface area contributed by atoms with Gasteiger partial charge in [0.25, 0.3) is 5.56 Å². The van der Waals surface area contributed by atoms with Crippen LogP contribution in [0, 0.1) is 10.5 Å². The van der Waals surface area contributed by atoms with E-state index in [2.05, 4.69) is 88.7 Å². The molecule has 1 heterocycles. The van der Waals surface area contributed by atoms with Crippen molar-refractivity contribution in [2.75, 3.05) is 0 Å².